The molecule has 1 aromatic heterocycles. The van der Waals surface area contributed by atoms with Crippen molar-refractivity contribution in [3.05, 3.63) is 57.8 Å². The Morgan fingerprint density at radius 1 is 1.21 bits per heavy atom. The Kier molecular flexibility index (Phi) is 5.80. The average Bonchev–Trinajstić information content (AvgIpc) is 3.27. The number of rotatable bonds is 6. The van der Waals surface area contributed by atoms with E-state index in [0.29, 0.717) is 10.4 Å². The molecular weight excluding hydrogens is 390 g/mol. The van der Waals surface area contributed by atoms with E-state index in [1.165, 1.54) is 16.2 Å². The van der Waals surface area contributed by atoms with E-state index in [-0.39, 0.29) is 18.8 Å². The van der Waals surface area contributed by atoms with Crippen LogP contribution in [0.3, 0.4) is 0 Å². The summed E-state index contributed by atoms with van der Waals surface area (Å²) >= 11 is 1.34. The number of aryl methyl sites for hydroxylation is 1. The number of nitrogens with zero attached hydrogens (tertiary/aromatic N) is 1. The van der Waals surface area contributed by atoms with Crippen LogP contribution in [0.5, 0.6) is 0 Å². The van der Waals surface area contributed by atoms with E-state index in [9.17, 15) is 24.6 Å². The smallest absolute Gasteiger partial charge is 0.329 e. The Balaban J connectivity index is 2.22. The van der Waals surface area contributed by atoms with Gasteiger partial charge in [-0.3, -0.25) is 9.59 Å². The van der Waals surface area contributed by atoms with Gasteiger partial charge in [0.1, 0.15) is 5.54 Å². The third-order valence-corrected chi connectivity index (χ3v) is 6.40. The fraction of sp³-hybridized carbons (Fsp3) is 0.409. The molecular formula is C22H25NO5S. The molecule has 2 N–H and O–H groups in total. The van der Waals surface area contributed by atoms with Crippen LogP contribution >= 0.6 is 11.3 Å². The van der Waals surface area contributed by atoms with Crippen molar-refractivity contribution < 1.29 is 24.6 Å². The van der Waals surface area contributed by atoms with Gasteiger partial charge in [-0.2, -0.15) is 0 Å². The Bertz CT molecular complexity index is 923. The molecule has 2 heterocycles. The molecule has 1 aliphatic heterocycles. The Morgan fingerprint density at radius 2 is 1.93 bits per heavy atom. The molecule has 0 spiro atoms. The lowest BCUT2D eigenvalue weighted by Gasteiger charge is -2.39. The van der Waals surface area contributed by atoms with Crippen LogP contribution in [0.4, 0.5) is 0 Å². The highest BCUT2D eigenvalue weighted by molar-refractivity contribution is 7.10. The molecule has 154 valence electrons. The lowest BCUT2D eigenvalue weighted by Crippen LogP contribution is -2.54. The summed E-state index contributed by atoms with van der Waals surface area (Å²) in [6, 6.07) is 9.71. The van der Waals surface area contributed by atoms with Gasteiger partial charge in [0, 0.05) is 10.4 Å². The van der Waals surface area contributed by atoms with Crippen LogP contribution in [-0.2, 0) is 9.59 Å². The normalized spacial score (nSPS) is 24.1. The molecule has 1 amide bonds. The van der Waals surface area contributed by atoms with Crippen molar-refractivity contribution in [3.63, 3.8) is 0 Å². The third kappa shape index (κ3) is 3.79. The summed E-state index contributed by atoms with van der Waals surface area (Å²) in [5, 5.41) is 22.0. The van der Waals surface area contributed by atoms with Crippen LogP contribution in [0.1, 0.15) is 53.5 Å². The first-order valence-electron chi connectivity index (χ1n) is 9.57. The number of amides is 1. The van der Waals surface area contributed by atoms with Gasteiger partial charge in [-0.25, -0.2) is 4.79 Å². The van der Waals surface area contributed by atoms with Crippen LogP contribution in [-0.4, -0.2) is 38.5 Å². The Hall–Kier alpha value is -2.67. The first-order valence-corrected chi connectivity index (χ1v) is 10.5. The van der Waals surface area contributed by atoms with Crippen molar-refractivity contribution in [2.24, 2.45) is 11.8 Å². The van der Waals surface area contributed by atoms with Gasteiger partial charge in [0.15, 0.2) is 0 Å². The number of thiophene rings is 1. The minimum absolute atomic E-state index is 0.0320. The third-order valence-electron chi connectivity index (χ3n) is 5.46. The van der Waals surface area contributed by atoms with Crippen molar-refractivity contribution in [2.75, 3.05) is 0 Å². The molecule has 0 bridgehead atoms. The molecule has 3 unspecified atom stereocenters. The summed E-state index contributed by atoms with van der Waals surface area (Å²) in [7, 11) is 0. The number of carboxylic acids is 2. The van der Waals surface area contributed by atoms with Gasteiger partial charge < -0.3 is 15.1 Å². The summed E-state index contributed by atoms with van der Waals surface area (Å²) in [5.74, 6) is -3.71. The number of carbonyl (C=O) groups is 3. The molecule has 0 aliphatic carbocycles. The molecule has 1 saturated heterocycles. The fourth-order valence-corrected chi connectivity index (χ4v) is 5.28. The van der Waals surface area contributed by atoms with Gasteiger partial charge in [-0.05, 0) is 49.3 Å². The van der Waals surface area contributed by atoms with Gasteiger partial charge in [0.25, 0.3) is 5.91 Å². The van der Waals surface area contributed by atoms with E-state index >= 15 is 0 Å². The summed E-state index contributed by atoms with van der Waals surface area (Å²) in [5.41, 5.74) is -0.332. The second kappa shape index (κ2) is 7.99. The van der Waals surface area contributed by atoms with Crippen molar-refractivity contribution in [3.8, 4) is 0 Å². The maximum absolute atomic E-state index is 13.6. The molecule has 7 heteroatoms. The summed E-state index contributed by atoms with van der Waals surface area (Å²) in [6.07, 6.45) is 0.0709. The zero-order valence-corrected chi connectivity index (χ0v) is 17.5. The largest absolute Gasteiger partial charge is 0.481 e. The molecule has 1 fully saturated rings. The van der Waals surface area contributed by atoms with Gasteiger partial charge >= 0.3 is 11.9 Å². The van der Waals surface area contributed by atoms with Crippen LogP contribution in [0.2, 0.25) is 0 Å². The zero-order valence-electron chi connectivity index (χ0n) is 16.7. The Morgan fingerprint density at radius 3 is 2.45 bits per heavy atom. The van der Waals surface area contributed by atoms with Crippen LogP contribution in [0.25, 0.3) is 0 Å². The van der Waals surface area contributed by atoms with Gasteiger partial charge in [-0.1, -0.05) is 37.6 Å². The first kappa shape index (κ1) is 21.0. The topological polar surface area (TPSA) is 94.9 Å². The van der Waals surface area contributed by atoms with Gasteiger partial charge in [0.05, 0.1) is 12.0 Å². The lowest BCUT2D eigenvalue weighted by molar-refractivity contribution is -0.150. The van der Waals surface area contributed by atoms with Crippen molar-refractivity contribution in [1.82, 2.24) is 4.90 Å². The molecule has 0 radical (unpaired) electrons. The van der Waals surface area contributed by atoms with E-state index in [1.807, 2.05) is 32.2 Å². The minimum Gasteiger partial charge on any atom is -0.481 e. The number of carboxylic acid groups (broad SMARTS) is 2. The fourth-order valence-electron chi connectivity index (χ4n) is 4.40. The second-order valence-electron chi connectivity index (χ2n) is 8.09. The Labute approximate surface area is 173 Å². The van der Waals surface area contributed by atoms with E-state index in [1.54, 1.807) is 30.3 Å². The number of hydrogen-bond acceptors (Lipinski definition) is 4. The summed E-state index contributed by atoms with van der Waals surface area (Å²) in [4.78, 5) is 40.4. The molecule has 3 atom stereocenters. The van der Waals surface area contributed by atoms with Gasteiger partial charge in [0.2, 0.25) is 0 Å². The van der Waals surface area contributed by atoms with E-state index in [4.69, 9.17) is 0 Å². The number of likely N-dealkylation sites (tertiary alicyclic amines) is 1. The highest BCUT2D eigenvalue weighted by Gasteiger charge is 2.61. The van der Waals surface area contributed by atoms with Gasteiger partial charge in [-0.15, -0.1) is 11.3 Å². The molecule has 1 aromatic carbocycles. The van der Waals surface area contributed by atoms with E-state index < -0.39 is 35.3 Å². The monoisotopic (exact) mass is 415 g/mol. The SMILES string of the molecule is Cc1cccc(C(=O)N2C(c3cccs3)C(C(=O)O)CC2(CC(C)C)C(=O)O)c1. The standard InChI is InChI=1S/C22H25NO5S/c1-13(2)11-22(21(27)28)12-16(20(25)26)18(17-8-5-9-29-17)23(22)19(24)15-7-4-6-14(3)10-15/h4-10,13,16,18H,11-12H2,1-3H3,(H,25,26)(H,27,28). The van der Waals surface area contributed by atoms with Crippen molar-refractivity contribution in [1.29, 1.82) is 0 Å². The van der Waals surface area contributed by atoms with Crippen molar-refractivity contribution >= 4 is 29.2 Å². The number of hydrogen-bond donors (Lipinski definition) is 2. The van der Waals surface area contributed by atoms with Crippen LogP contribution < -0.4 is 0 Å². The van der Waals surface area contributed by atoms with Crippen LogP contribution in [0.15, 0.2) is 41.8 Å². The summed E-state index contributed by atoms with van der Waals surface area (Å²) < 4.78 is 0. The highest BCUT2D eigenvalue weighted by Crippen LogP contribution is 2.51. The highest BCUT2D eigenvalue weighted by atomic mass is 32.1. The minimum atomic E-state index is -1.58. The zero-order chi connectivity index (χ0) is 21.3. The first-order chi connectivity index (χ1) is 13.7. The maximum Gasteiger partial charge on any atom is 0.329 e. The van der Waals surface area contributed by atoms with Crippen LogP contribution in [0, 0.1) is 18.8 Å². The predicted octanol–water partition coefficient (Wildman–Crippen LogP) is 4.21. The molecule has 6 nitrogen and oxygen atoms in total. The number of benzene rings is 1. The molecule has 1 aliphatic rings. The van der Waals surface area contributed by atoms with E-state index in [2.05, 4.69) is 0 Å². The predicted molar refractivity (Wildman–Crippen MR) is 110 cm³/mol. The lowest BCUT2D eigenvalue weighted by atomic mass is 9.83. The second-order valence-corrected chi connectivity index (χ2v) is 9.07. The summed E-state index contributed by atoms with van der Waals surface area (Å²) in [6.45, 7) is 5.62. The molecule has 2 aromatic rings. The average molecular weight is 416 g/mol. The quantitative estimate of drug-likeness (QED) is 0.737. The number of aliphatic carboxylic acids is 2. The molecule has 29 heavy (non-hydrogen) atoms. The number of carbonyl (C=O) groups excluding carboxylic acids is 1. The van der Waals surface area contributed by atoms with E-state index in [0.717, 1.165) is 5.56 Å². The molecule has 3 rings (SSSR count). The maximum atomic E-state index is 13.6. The van der Waals surface area contributed by atoms with Crippen molar-refractivity contribution in [2.45, 2.75) is 45.2 Å². The molecule has 0 saturated carbocycles.